The third kappa shape index (κ3) is 2.75. The Bertz CT molecular complexity index is 760. The summed E-state index contributed by atoms with van der Waals surface area (Å²) in [6.45, 7) is 6.04. The molecular weight excluding hydrogens is 304 g/mol. The number of esters is 1. The average molecular weight is 326 g/mol. The van der Waals surface area contributed by atoms with E-state index in [0.717, 1.165) is 23.4 Å². The van der Waals surface area contributed by atoms with Gasteiger partial charge in [0.15, 0.2) is 5.78 Å². The molecule has 0 fully saturated rings. The van der Waals surface area contributed by atoms with Crippen molar-refractivity contribution in [2.24, 2.45) is 5.41 Å². The van der Waals surface area contributed by atoms with Crippen LogP contribution in [0, 0.1) is 5.41 Å². The summed E-state index contributed by atoms with van der Waals surface area (Å²) >= 11 is 0. The molecule has 1 aromatic rings. The third-order valence-electron chi connectivity index (χ3n) is 4.68. The number of Topliss-reactive ketones (excluding diaryl/α,β-unsaturated/α-hetero) is 1. The first-order valence-electron chi connectivity index (χ1n) is 8.06. The molecule has 1 N–H and O–H groups in total. The highest BCUT2D eigenvalue weighted by molar-refractivity contribution is 6.04. The van der Waals surface area contributed by atoms with Crippen LogP contribution in [-0.4, -0.2) is 23.8 Å². The second-order valence-corrected chi connectivity index (χ2v) is 7.20. The van der Waals surface area contributed by atoms with E-state index in [1.807, 2.05) is 19.1 Å². The van der Waals surface area contributed by atoms with Crippen LogP contribution < -0.4 is 5.32 Å². The number of hydrogen-bond acceptors (Lipinski definition) is 5. The van der Waals surface area contributed by atoms with Crippen LogP contribution in [0.15, 0.2) is 47.1 Å². The molecule has 1 aliphatic heterocycles. The molecule has 0 saturated carbocycles. The van der Waals surface area contributed by atoms with E-state index < -0.39 is 11.9 Å². The van der Waals surface area contributed by atoms with Crippen molar-refractivity contribution in [1.82, 2.24) is 10.3 Å². The SMILES string of the molecule is COC(=O)C1=C(C)NC2=C(C(=O)CC(C)(C)C2)[C@@H]1c1ccncc1. The fraction of sp³-hybridized carbons (Fsp3) is 0.421. The van der Waals surface area contributed by atoms with Crippen molar-refractivity contribution in [3.8, 4) is 0 Å². The van der Waals surface area contributed by atoms with Crippen molar-refractivity contribution < 1.29 is 14.3 Å². The molecule has 1 aliphatic carbocycles. The minimum Gasteiger partial charge on any atom is -0.466 e. The zero-order valence-corrected chi connectivity index (χ0v) is 14.5. The highest BCUT2D eigenvalue weighted by atomic mass is 16.5. The molecule has 0 saturated heterocycles. The van der Waals surface area contributed by atoms with Gasteiger partial charge in [0.25, 0.3) is 0 Å². The average Bonchev–Trinajstić information content (AvgIpc) is 2.52. The van der Waals surface area contributed by atoms with Crippen LogP contribution in [0.5, 0.6) is 0 Å². The number of rotatable bonds is 2. The standard InChI is InChI=1S/C19H22N2O3/c1-11-15(18(23)24-4)16(12-5-7-20-8-6-12)17-13(21-11)9-19(2,3)10-14(17)22/h5-8,16,21H,9-10H2,1-4H3/t16-/m1/s1. The Morgan fingerprint density at radius 2 is 1.96 bits per heavy atom. The summed E-state index contributed by atoms with van der Waals surface area (Å²) in [5.74, 6) is -0.726. The summed E-state index contributed by atoms with van der Waals surface area (Å²) in [4.78, 5) is 29.3. The molecule has 5 nitrogen and oxygen atoms in total. The first-order chi connectivity index (χ1) is 11.3. The summed E-state index contributed by atoms with van der Waals surface area (Å²) in [7, 11) is 1.36. The van der Waals surface area contributed by atoms with E-state index in [4.69, 9.17) is 4.74 Å². The number of hydrogen-bond donors (Lipinski definition) is 1. The number of allylic oxidation sites excluding steroid dienone is 3. The van der Waals surface area contributed by atoms with E-state index in [9.17, 15) is 9.59 Å². The first kappa shape index (κ1) is 16.4. The molecule has 1 atom stereocenters. The Hall–Kier alpha value is -2.43. The molecule has 5 heteroatoms. The minimum atomic E-state index is -0.411. The lowest BCUT2D eigenvalue weighted by Crippen LogP contribution is -2.38. The number of carbonyl (C=O) groups is 2. The van der Waals surface area contributed by atoms with Gasteiger partial charge in [-0.2, -0.15) is 0 Å². The molecule has 126 valence electrons. The Morgan fingerprint density at radius 3 is 2.58 bits per heavy atom. The maximum Gasteiger partial charge on any atom is 0.336 e. The molecule has 0 bridgehead atoms. The van der Waals surface area contributed by atoms with Gasteiger partial charge in [-0.15, -0.1) is 0 Å². The summed E-state index contributed by atoms with van der Waals surface area (Å²) < 4.78 is 4.98. The zero-order chi connectivity index (χ0) is 17.5. The van der Waals surface area contributed by atoms with Crippen LogP contribution in [-0.2, 0) is 14.3 Å². The molecular formula is C19H22N2O3. The number of carbonyl (C=O) groups excluding carboxylic acids is 2. The van der Waals surface area contributed by atoms with Gasteiger partial charge in [0.2, 0.25) is 0 Å². The Balaban J connectivity index is 2.19. The number of methoxy groups -OCH3 is 1. The van der Waals surface area contributed by atoms with Crippen molar-refractivity contribution in [3.63, 3.8) is 0 Å². The van der Waals surface area contributed by atoms with E-state index in [0.29, 0.717) is 17.6 Å². The van der Waals surface area contributed by atoms with Crippen LogP contribution in [0.1, 0.15) is 45.1 Å². The number of aromatic nitrogens is 1. The molecule has 2 aliphatic rings. The van der Waals surface area contributed by atoms with E-state index in [2.05, 4.69) is 24.1 Å². The lowest BCUT2D eigenvalue weighted by atomic mass is 9.69. The fourth-order valence-corrected chi connectivity index (χ4v) is 3.71. The number of nitrogens with one attached hydrogen (secondary N) is 1. The lowest BCUT2D eigenvalue weighted by Gasteiger charge is -2.39. The van der Waals surface area contributed by atoms with E-state index in [1.54, 1.807) is 12.4 Å². The van der Waals surface area contributed by atoms with Gasteiger partial charge in [-0.1, -0.05) is 13.8 Å². The number of nitrogens with zero attached hydrogens (tertiary/aromatic N) is 1. The van der Waals surface area contributed by atoms with Crippen molar-refractivity contribution >= 4 is 11.8 Å². The maximum atomic E-state index is 12.9. The van der Waals surface area contributed by atoms with Gasteiger partial charge < -0.3 is 10.1 Å². The highest BCUT2D eigenvalue weighted by Crippen LogP contribution is 2.46. The second kappa shape index (κ2) is 5.89. The fourth-order valence-electron chi connectivity index (χ4n) is 3.71. The number of ether oxygens (including phenoxy) is 1. The van der Waals surface area contributed by atoms with E-state index >= 15 is 0 Å². The van der Waals surface area contributed by atoms with Crippen LogP contribution in [0.3, 0.4) is 0 Å². The zero-order valence-electron chi connectivity index (χ0n) is 14.5. The predicted molar refractivity (Wildman–Crippen MR) is 89.9 cm³/mol. The van der Waals surface area contributed by atoms with Crippen molar-refractivity contribution in [1.29, 1.82) is 0 Å². The summed E-state index contributed by atoms with van der Waals surface area (Å²) in [5, 5.41) is 3.29. The molecule has 2 heterocycles. The van der Waals surface area contributed by atoms with E-state index in [1.165, 1.54) is 7.11 Å². The van der Waals surface area contributed by atoms with Crippen LogP contribution in [0.25, 0.3) is 0 Å². The highest BCUT2D eigenvalue weighted by Gasteiger charge is 2.42. The topological polar surface area (TPSA) is 68.3 Å². The Kier molecular flexibility index (Phi) is 4.03. The monoisotopic (exact) mass is 326 g/mol. The van der Waals surface area contributed by atoms with Gasteiger partial charge in [-0.25, -0.2) is 4.79 Å². The molecule has 0 unspecified atom stereocenters. The molecule has 0 aromatic carbocycles. The molecule has 0 radical (unpaired) electrons. The number of ketones is 1. The summed E-state index contributed by atoms with van der Waals surface area (Å²) in [5.41, 5.74) is 3.64. The van der Waals surface area contributed by atoms with Gasteiger partial charge in [0.1, 0.15) is 0 Å². The predicted octanol–water partition coefficient (Wildman–Crippen LogP) is 2.86. The Labute approximate surface area is 141 Å². The van der Waals surface area contributed by atoms with Crippen LogP contribution in [0.2, 0.25) is 0 Å². The van der Waals surface area contributed by atoms with Gasteiger partial charge in [-0.05, 0) is 36.5 Å². The van der Waals surface area contributed by atoms with Crippen molar-refractivity contribution in [2.75, 3.05) is 7.11 Å². The molecule has 3 rings (SSSR count). The quantitative estimate of drug-likeness (QED) is 0.847. The minimum absolute atomic E-state index is 0.0875. The largest absolute Gasteiger partial charge is 0.466 e. The molecule has 24 heavy (non-hydrogen) atoms. The molecule has 0 spiro atoms. The van der Waals surface area contributed by atoms with E-state index in [-0.39, 0.29) is 11.2 Å². The molecule has 1 aromatic heterocycles. The number of pyridine rings is 1. The first-order valence-corrected chi connectivity index (χ1v) is 8.06. The normalized spacial score (nSPS) is 22.8. The van der Waals surface area contributed by atoms with Crippen LogP contribution >= 0.6 is 0 Å². The van der Waals surface area contributed by atoms with Gasteiger partial charge in [-0.3, -0.25) is 9.78 Å². The van der Waals surface area contributed by atoms with Gasteiger partial charge >= 0.3 is 5.97 Å². The molecule has 0 amide bonds. The van der Waals surface area contributed by atoms with Crippen LogP contribution in [0.4, 0.5) is 0 Å². The van der Waals surface area contributed by atoms with Gasteiger partial charge in [0, 0.05) is 41.7 Å². The summed E-state index contributed by atoms with van der Waals surface area (Å²) in [6.07, 6.45) is 4.61. The second-order valence-electron chi connectivity index (χ2n) is 7.20. The Morgan fingerprint density at radius 1 is 1.29 bits per heavy atom. The van der Waals surface area contributed by atoms with Crippen molar-refractivity contribution in [2.45, 2.75) is 39.5 Å². The maximum absolute atomic E-state index is 12.9. The third-order valence-corrected chi connectivity index (χ3v) is 4.68. The lowest BCUT2D eigenvalue weighted by molar-refractivity contribution is -0.136. The van der Waals surface area contributed by atoms with Crippen molar-refractivity contribution in [3.05, 3.63) is 52.6 Å². The number of dihydropyridines is 1. The smallest absolute Gasteiger partial charge is 0.336 e. The van der Waals surface area contributed by atoms with Gasteiger partial charge in [0.05, 0.1) is 12.7 Å². The summed E-state index contributed by atoms with van der Waals surface area (Å²) in [6, 6.07) is 3.70.